The van der Waals surface area contributed by atoms with E-state index in [1.54, 1.807) is 10.5 Å². The van der Waals surface area contributed by atoms with E-state index < -0.39 is 0 Å². The molecule has 1 saturated carbocycles. The summed E-state index contributed by atoms with van der Waals surface area (Å²) < 4.78 is 0. The Morgan fingerprint density at radius 1 is 0.957 bits per heavy atom. The first-order chi connectivity index (χ1) is 11.1. The Labute approximate surface area is 141 Å². The molecule has 1 heterocycles. The van der Waals surface area contributed by atoms with Crippen LogP contribution in [0.1, 0.15) is 32.3 Å². The Morgan fingerprint density at radius 2 is 1.61 bits per heavy atom. The van der Waals surface area contributed by atoms with Gasteiger partial charge in [-0.3, -0.25) is 0 Å². The molecule has 2 heteroatoms. The largest absolute Gasteiger partial charge is 0.322 e. The molecule has 0 spiro atoms. The standard InChI is InChI=1S/C21H30N2/c1-21(2)19-9-8-18(20(21)14-19)16-23-12-10-22(11-13-23)15-17-6-4-3-5-7-17/h3-8,19-20H,9-16H2,1-2H3/p+2/t19-,20-/m0/s1. The maximum atomic E-state index is 2.60. The molecule has 2 nitrogen and oxygen atoms in total. The molecular formula is C21H32N2+2. The lowest BCUT2D eigenvalue weighted by Crippen LogP contribution is -3.27. The van der Waals surface area contributed by atoms with E-state index >= 15 is 0 Å². The molecule has 3 aliphatic carbocycles. The lowest BCUT2D eigenvalue weighted by molar-refractivity contribution is -1.02. The predicted molar refractivity (Wildman–Crippen MR) is 94.5 cm³/mol. The van der Waals surface area contributed by atoms with Gasteiger partial charge in [-0.15, -0.1) is 0 Å². The second-order valence-corrected chi connectivity index (χ2v) is 8.66. The number of allylic oxidation sites excluding steroid dienone is 1. The van der Waals surface area contributed by atoms with E-state index in [9.17, 15) is 0 Å². The fourth-order valence-electron chi connectivity index (χ4n) is 5.16. The first kappa shape index (κ1) is 15.4. The molecule has 1 aliphatic heterocycles. The third kappa shape index (κ3) is 2.99. The van der Waals surface area contributed by atoms with Crippen LogP contribution in [0, 0.1) is 17.3 Å². The third-order valence-corrected chi connectivity index (χ3v) is 7.00. The molecule has 4 aliphatic rings. The molecule has 0 radical (unpaired) electrons. The summed E-state index contributed by atoms with van der Waals surface area (Å²) in [6, 6.07) is 11.0. The molecule has 2 N–H and O–H groups in total. The van der Waals surface area contributed by atoms with Gasteiger partial charge in [-0.25, -0.2) is 0 Å². The van der Waals surface area contributed by atoms with Gasteiger partial charge < -0.3 is 9.80 Å². The van der Waals surface area contributed by atoms with E-state index in [4.69, 9.17) is 0 Å². The molecule has 1 saturated heterocycles. The molecule has 124 valence electrons. The highest BCUT2D eigenvalue weighted by atomic mass is 15.3. The summed E-state index contributed by atoms with van der Waals surface area (Å²) in [6.45, 7) is 12.9. The summed E-state index contributed by atoms with van der Waals surface area (Å²) in [5, 5.41) is 0. The molecule has 1 aromatic rings. The summed E-state index contributed by atoms with van der Waals surface area (Å²) in [6.07, 6.45) is 5.41. The quantitative estimate of drug-likeness (QED) is 0.767. The van der Waals surface area contributed by atoms with E-state index in [0.29, 0.717) is 5.41 Å². The number of rotatable bonds is 4. The van der Waals surface area contributed by atoms with Crippen molar-refractivity contribution in [2.24, 2.45) is 17.3 Å². The number of nitrogens with one attached hydrogen (secondary N) is 2. The second kappa shape index (κ2) is 6.07. The fourth-order valence-corrected chi connectivity index (χ4v) is 5.16. The average Bonchev–Trinajstić information content (AvgIpc) is 2.57. The molecule has 2 atom stereocenters. The summed E-state index contributed by atoms with van der Waals surface area (Å²) in [5.41, 5.74) is 3.87. The smallest absolute Gasteiger partial charge is 0.127 e. The van der Waals surface area contributed by atoms with Crippen molar-refractivity contribution in [1.29, 1.82) is 0 Å². The average molecular weight is 313 g/mol. The van der Waals surface area contributed by atoms with Gasteiger partial charge in [0, 0.05) is 5.56 Å². The van der Waals surface area contributed by atoms with Crippen LogP contribution < -0.4 is 9.80 Å². The lowest BCUT2D eigenvalue weighted by Gasteiger charge is -2.56. The van der Waals surface area contributed by atoms with Crippen LogP contribution in [0.3, 0.4) is 0 Å². The molecule has 2 bridgehead atoms. The molecule has 2 fully saturated rings. The van der Waals surface area contributed by atoms with Crippen LogP contribution >= 0.6 is 0 Å². The summed E-state index contributed by atoms with van der Waals surface area (Å²) in [7, 11) is 0. The van der Waals surface area contributed by atoms with Gasteiger partial charge in [0.1, 0.15) is 32.7 Å². The van der Waals surface area contributed by atoms with E-state index in [1.807, 2.05) is 4.90 Å². The van der Waals surface area contributed by atoms with Gasteiger partial charge in [0.25, 0.3) is 0 Å². The zero-order chi connectivity index (χ0) is 15.9. The Bertz CT molecular complexity index is 567. The van der Waals surface area contributed by atoms with Gasteiger partial charge in [0.05, 0.1) is 6.54 Å². The molecule has 0 unspecified atom stereocenters. The minimum absolute atomic E-state index is 0.587. The number of benzene rings is 1. The number of piperazine rings is 1. The van der Waals surface area contributed by atoms with Crippen LogP contribution in [0.15, 0.2) is 42.0 Å². The van der Waals surface area contributed by atoms with Crippen LogP contribution in [-0.4, -0.2) is 32.7 Å². The zero-order valence-corrected chi connectivity index (χ0v) is 14.8. The minimum atomic E-state index is 0.587. The number of hydrogen-bond donors (Lipinski definition) is 2. The van der Waals surface area contributed by atoms with Gasteiger partial charge >= 0.3 is 0 Å². The van der Waals surface area contributed by atoms with Crippen LogP contribution in [0.25, 0.3) is 0 Å². The third-order valence-electron chi connectivity index (χ3n) is 7.00. The van der Waals surface area contributed by atoms with E-state index in [-0.39, 0.29) is 0 Å². The first-order valence-corrected chi connectivity index (χ1v) is 9.53. The van der Waals surface area contributed by atoms with E-state index in [1.165, 1.54) is 57.7 Å². The first-order valence-electron chi connectivity index (χ1n) is 9.53. The van der Waals surface area contributed by atoms with Gasteiger partial charge in [-0.05, 0) is 35.7 Å². The second-order valence-electron chi connectivity index (χ2n) is 8.66. The van der Waals surface area contributed by atoms with Gasteiger partial charge in [-0.2, -0.15) is 0 Å². The predicted octanol–water partition coefficient (Wildman–Crippen LogP) is 0.962. The molecule has 0 amide bonds. The number of fused-ring (bicyclic) bond motifs is 1. The van der Waals surface area contributed by atoms with Crippen LogP contribution in [-0.2, 0) is 6.54 Å². The number of quaternary nitrogens is 2. The normalized spacial score (nSPS) is 35.3. The molecular weight excluding hydrogens is 280 g/mol. The molecule has 0 aromatic heterocycles. The van der Waals surface area contributed by atoms with Crippen molar-refractivity contribution in [2.75, 3.05) is 32.7 Å². The zero-order valence-electron chi connectivity index (χ0n) is 14.8. The summed E-state index contributed by atoms with van der Waals surface area (Å²) in [4.78, 5) is 3.59. The molecule has 5 rings (SSSR count). The Kier molecular flexibility index (Phi) is 4.07. The van der Waals surface area contributed by atoms with Crippen molar-refractivity contribution < 1.29 is 9.80 Å². The SMILES string of the molecule is CC1(C)[C@H]2CC=C(C[NH+]3CC[NH+](Cc4ccccc4)CC3)[C@@H]1C2. The van der Waals surface area contributed by atoms with Gasteiger partial charge in [-0.1, -0.05) is 50.3 Å². The number of hydrogen-bond acceptors (Lipinski definition) is 0. The van der Waals surface area contributed by atoms with Crippen molar-refractivity contribution in [3.05, 3.63) is 47.5 Å². The fraction of sp³-hybridized carbons (Fsp3) is 0.619. The van der Waals surface area contributed by atoms with E-state index in [2.05, 4.69) is 50.3 Å². The highest BCUT2D eigenvalue weighted by Gasteiger charge is 2.51. The molecule has 1 aromatic carbocycles. The topological polar surface area (TPSA) is 8.88 Å². The van der Waals surface area contributed by atoms with Crippen molar-refractivity contribution in [1.82, 2.24) is 0 Å². The van der Waals surface area contributed by atoms with Gasteiger partial charge in [0.2, 0.25) is 0 Å². The van der Waals surface area contributed by atoms with Crippen LogP contribution in [0.5, 0.6) is 0 Å². The summed E-state index contributed by atoms with van der Waals surface area (Å²) >= 11 is 0. The maximum Gasteiger partial charge on any atom is 0.127 e. The minimum Gasteiger partial charge on any atom is -0.322 e. The summed E-state index contributed by atoms with van der Waals surface area (Å²) in [5.74, 6) is 1.86. The van der Waals surface area contributed by atoms with Crippen molar-refractivity contribution in [3.63, 3.8) is 0 Å². The van der Waals surface area contributed by atoms with Crippen molar-refractivity contribution in [2.45, 2.75) is 33.2 Å². The highest BCUT2D eigenvalue weighted by Crippen LogP contribution is 2.58. The van der Waals surface area contributed by atoms with Crippen LogP contribution in [0.2, 0.25) is 0 Å². The maximum absolute atomic E-state index is 2.60. The van der Waals surface area contributed by atoms with Crippen molar-refractivity contribution in [3.8, 4) is 0 Å². The molecule has 23 heavy (non-hydrogen) atoms. The highest BCUT2D eigenvalue weighted by molar-refractivity contribution is 5.23. The van der Waals surface area contributed by atoms with Gasteiger partial charge in [0.15, 0.2) is 0 Å². The lowest BCUT2D eigenvalue weighted by atomic mass is 9.49. The Hall–Kier alpha value is -1.12. The monoisotopic (exact) mass is 312 g/mol. The van der Waals surface area contributed by atoms with Crippen LogP contribution in [0.4, 0.5) is 0 Å². The van der Waals surface area contributed by atoms with E-state index in [0.717, 1.165) is 11.8 Å². The Morgan fingerprint density at radius 3 is 2.22 bits per heavy atom. The van der Waals surface area contributed by atoms with Crippen molar-refractivity contribution >= 4 is 0 Å². The Balaban J connectivity index is 1.28.